The second-order valence-corrected chi connectivity index (χ2v) is 3.56. The summed E-state index contributed by atoms with van der Waals surface area (Å²) in [5, 5.41) is 6.56. The molecule has 2 rings (SSSR count). The molecule has 2 N–H and O–H groups in total. The number of anilines is 2. The first-order valence-corrected chi connectivity index (χ1v) is 4.49. The third-order valence-corrected chi connectivity index (χ3v) is 2.50. The molecular formula is C10H13FN2. The average Bonchev–Trinajstić information content (AvgIpc) is 2.08. The van der Waals surface area contributed by atoms with E-state index in [9.17, 15) is 4.39 Å². The van der Waals surface area contributed by atoms with Crippen LogP contribution in [0.5, 0.6) is 0 Å². The van der Waals surface area contributed by atoms with Crippen LogP contribution in [0.25, 0.3) is 0 Å². The number of hydrogen-bond donors (Lipinski definition) is 2. The van der Waals surface area contributed by atoms with Gasteiger partial charge in [0.25, 0.3) is 0 Å². The van der Waals surface area contributed by atoms with Crippen LogP contribution < -0.4 is 10.6 Å². The topological polar surface area (TPSA) is 24.1 Å². The molecule has 1 aromatic rings. The SMILES string of the molecule is CC1Nc2ccc(F)cc2NC1C. The molecule has 0 aromatic heterocycles. The first-order chi connectivity index (χ1) is 6.16. The fourth-order valence-corrected chi connectivity index (χ4v) is 1.50. The van der Waals surface area contributed by atoms with Gasteiger partial charge in [-0.3, -0.25) is 0 Å². The van der Waals surface area contributed by atoms with Crippen LogP contribution in [0.1, 0.15) is 13.8 Å². The summed E-state index contributed by atoms with van der Waals surface area (Å²) < 4.78 is 12.9. The first-order valence-electron chi connectivity index (χ1n) is 4.49. The Morgan fingerprint density at radius 3 is 2.38 bits per heavy atom. The molecule has 0 saturated heterocycles. The van der Waals surface area contributed by atoms with Gasteiger partial charge in [0, 0.05) is 12.1 Å². The van der Waals surface area contributed by atoms with Gasteiger partial charge >= 0.3 is 0 Å². The van der Waals surface area contributed by atoms with Crippen LogP contribution in [0.2, 0.25) is 0 Å². The van der Waals surface area contributed by atoms with Crippen molar-refractivity contribution in [2.75, 3.05) is 10.6 Å². The standard InChI is InChI=1S/C10H13FN2/c1-6-7(2)13-10-5-8(11)3-4-9(10)12-6/h3-7,12-13H,1-2H3. The Bertz CT molecular complexity index is 325. The second-order valence-electron chi connectivity index (χ2n) is 3.56. The van der Waals surface area contributed by atoms with Gasteiger partial charge in [0.1, 0.15) is 5.82 Å². The number of halogens is 1. The van der Waals surface area contributed by atoms with Gasteiger partial charge in [-0.1, -0.05) is 0 Å². The number of nitrogens with one attached hydrogen (secondary N) is 2. The molecule has 3 heteroatoms. The summed E-state index contributed by atoms with van der Waals surface area (Å²) in [5.74, 6) is -0.199. The molecule has 0 radical (unpaired) electrons. The summed E-state index contributed by atoms with van der Waals surface area (Å²) in [6.07, 6.45) is 0. The van der Waals surface area contributed by atoms with Crippen molar-refractivity contribution < 1.29 is 4.39 Å². The van der Waals surface area contributed by atoms with E-state index < -0.39 is 0 Å². The van der Waals surface area contributed by atoms with E-state index in [0.717, 1.165) is 11.4 Å². The van der Waals surface area contributed by atoms with Crippen LogP contribution in [0.4, 0.5) is 15.8 Å². The summed E-state index contributed by atoms with van der Waals surface area (Å²) >= 11 is 0. The van der Waals surface area contributed by atoms with E-state index in [0.29, 0.717) is 12.1 Å². The lowest BCUT2D eigenvalue weighted by atomic mass is 10.1. The lowest BCUT2D eigenvalue weighted by molar-refractivity contribution is 0.622. The smallest absolute Gasteiger partial charge is 0.125 e. The normalized spacial score (nSPS) is 25.8. The Balaban J connectivity index is 2.37. The van der Waals surface area contributed by atoms with Gasteiger partial charge in [0.05, 0.1) is 11.4 Å². The minimum atomic E-state index is -0.199. The zero-order valence-corrected chi connectivity index (χ0v) is 7.76. The van der Waals surface area contributed by atoms with Crippen LogP contribution in [0.3, 0.4) is 0 Å². The third kappa shape index (κ3) is 1.46. The Morgan fingerprint density at radius 1 is 1.08 bits per heavy atom. The molecular weight excluding hydrogens is 167 g/mol. The van der Waals surface area contributed by atoms with Crippen molar-refractivity contribution in [1.29, 1.82) is 0 Å². The summed E-state index contributed by atoms with van der Waals surface area (Å²) in [4.78, 5) is 0. The highest BCUT2D eigenvalue weighted by Gasteiger charge is 2.19. The van der Waals surface area contributed by atoms with Crippen molar-refractivity contribution in [1.82, 2.24) is 0 Å². The van der Waals surface area contributed by atoms with Crippen LogP contribution in [-0.4, -0.2) is 12.1 Å². The molecule has 70 valence electrons. The molecule has 0 spiro atoms. The van der Waals surface area contributed by atoms with E-state index in [1.807, 2.05) is 0 Å². The average molecular weight is 180 g/mol. The molecule has 1 aliphatic rings. The van der Waals surface area contributed by atoms with Crippen molar-refractivity contribution in [2.24, 2.45) is 0 Å². The summed E-state index contributed by atoms with van der Waals surface area (Å²) in [7, 11) is 0. The highest BCUT2D eigenvalue weighted by atomic mass is 19.1. The van der Waals surface area contributed by atoms with Crippen molar-refractivity contribution in [3.63, 3.8) is 0 Å². The highest BCUT2D eigenvalue weighted by Crippen LogP contribution is 2.28. The van der Waals surface area contributed by atoms with Crippen molar-refractivity contribution in [2.45, 2.75) is 25.9 Å². The minimum Gasteiger partial charge on any atom is -0.379 e. The van der Waals surface area contributed by atoms with Crippen LogP contribution in [0, 0.1) is 5.82 Å². The molecule has 0 saturated carbocycles. The summed E-state index contributed by atoms with van der Waals surface area (Å²) in [5.41, 5.74) is 1.83. The summed E-state index contributed by atoms with van der Waals surface area (Å²) in [6, 6.07) is 5.45. The van der Waals surface area contributed by atoms with Crippen LogP contribution in [0.15, 0.2) is 18.2 Å². The molecule has 0 bridgehead atoms. The molecule has 1 heterocycles. The van der Waals surface area contributed by atoms with Gasteiger partial charge in [-0.2, -0.15) is 0 Å². The van der Waals surface area contributed by atoms with Gasteiger partial charge in [-0.15, -0.1) is 0 Å². The zero-order chi connectivity index (χ0) is 9.42. The van der Waals surface area contributed by atoms with E-state index >= 15 is 0 Å². The zero-order valence-electron chi connectivity index (χ0n) is 7.76. The minimum absolute atomic E-state index is 0.199. The quantitative estimate of drug-likeness (QED) is 0.640. The predicted octanol–water partition coefficient (Wildman–Crippen LogP) is 2.44. The fraction of sp³-hybridized carbons (Fsp3) is 0.400. The highest BCUT2D eigenvalue weighted by molar-refractivity contribution is 5.71. The second kappa shape index (κ2) is 2.91. The van der Waals surface area contributed by atoms with E-state index in [-0.39, 0.29) is 5.82 Å². The molecule has 0 amide bonds. The number of rotatable bonds is 0. The summed E-state index contributed by atoms with van der Waals surface area (Å²) in [6.45, 7) is 4.18. The van der Waals surface area contributed by atoms with Crippen molar-refractivity contribution in [3.05, 3.63) is 24.0 Å². The number of fused-ring (bicyclic) bond motifs is 1. The lowest BCUT2D eigenvalue weighted by Gasteiger charge is -2.31. The monoisotopic (exact) mass is 180 g/mol. The van der Waals surface area contributed by atoms with Crippen molar-refractivity contribution >= 4 is 11.4 Å². The Morgan fingerprint density at radius 2 is 1.69 bits per heavy atom. The van der Waals surface area contributed by atoms with Gasteiger partial charge in [0.15, 0.2) is 0 Å². The van der Waals surface area contributed by atoms with E-state index in [1.54, 1.807) is 6.07 Å². The Labute approximate surface area is 77.2 Å². The van der Waals surface area contributed by atoms with Crippen molar-refractivity contribution in [3.8, 4) is 0 Å². The van der Waals surface area contributed by atoms with Gasteiger partial charge in [0.2, 0.25) is 0 Å². The molecule has 13 heavy (non-hydrogen) atoms. The first kappa shape index (κ1) is 8.35. The van der Waals surface area contributed by atoms with Crippen LogP contribution >= 0.6 is 0 Å². The Kier molecular flexibility index (Phi) is 1.87. The molecule has 2 unspecified atom stereocenters. The molecule has 0 aliphatic carbocycles. The van der Waals surface area contributed by atoms with E-state index in [2.05, 4.69) is 24.5 Å². The predicted molar refractivity (Wildman–Crippen MR) is 52.6 cm³/mol. The largest absolute Gasteiger partial charge is 0.379 e. The van der Waals surface area contributed by atoms with E-state index in [1.165, 1.54) is 12.1 Å². The number of benzene rings is 1. The fourth-order valence-electron chi connectivity index (χ4n) is 1.50. The molecule has 1 aliphatic heterocycles. The number of hydrogen-bond acceptors (Lipinski definition) is 2. The van der Waals surface area contributed by atoms with Gasteiger partial charge in [-0.25, -0.2) is 4.39 Å². The molecule has 1 aromatic carbocycles. The molecule has 2 nitrogen and oxygen atoms in total. The lowest BCUT2D eigenvalue weighted by Crippen LogP contribution is -2.38. The third-order valence-electron chi connectivity index (χ3n) is 2.50. The van der Waals surface area contributed by atoms with Gasteiger partial charge < -0.3 is 10.6 Å². The maximum Gasteiger partial charge on any atom is 0.125 e. The van der Waals surface area contributed by atoms with Crippen LogP contribution in [-0.2, 0) is 0 Å². The van der Waals surface area contributed by atoms with Gasteiger partial charge in [-0.05, 0) is 32.0 Å². The maximum atomic E-state index is 12.9. The molecule has 0 fully saturated rings. The van der Waals surface area contributed by atoms with E-state index in [4.69, 9.17) is 0 Å². The molecule has 2 atom stereocenters. The Hall–Kier alpha value is -1.25. The maximum absolute atomic E-state index is 12.9.